The third-order valence-electron chi connectivity index (χ3n) is 5.22. The molecule has 0 saturated heterocycles. The maximum absolute atomic E-state index is 12.6. The Morgan fingerprint density at radius 1 is 1.10 bits per heavy atom. The fraction of sp³-hybridized carbons (Fsp3) is 0.318. The van der Waals surface area contributed by atoms with E-state index in [0.29, 0.717) is 5.69 Å². The standard InChI is InChI=1S/C22H25N5O.ClH/c1-15-9-11-16(12-10-15)20(23)22(28)24-18-7-5-6-17(14-18)21-26-25-19-8-3-2-4-13-27(19)21;/h5-7,9-12,14,20H,2-4,8,13,23H2,1H3,(H,24,28);1H. The number of aromatic nitrogens is 3. The summed E-state index contributed by atoms with van der Waals surface area (Å²) in [4.78, 5) is 12.6. The molecule has 3 N–H and O–H groups in total. The first-order valence-electron chi connectivity index (χ1n) is 9.77. The number of nitrogens with one attached hydrogen (secondary N) is 1. The molecule has 1 atom stereocenters. The molecule has 1 unspecified atom stereocenters. The van der Waals surface area contributed by atoms with Crippen LogP contribution in [0.2, 0.25) is 0 Å². The zero-order valence-corrected chi connectivity index (χ0v) is 17.3. The van der Waals surface area contributed by atoms with Gasteiger partial charge in [-0.1, -0.05) is 48.4 Å². The van der Waals surface area contributed by atoms with Gasteiger partial charge in [-0.15, -0.1) is 22.6 Å². The second-order valence-corrected chi connectivity index (χ2v) is 7.36. The summed E-state index contributed by atoms with van der Waals surface area (Å²) in [5, 5.41) is 11.7. The van der Waals surface area contributed by atoms with Gasteiger partial charge in [0, 0.05) is 24.2 Å². The van der Waals surface area contributed by atoms with Crippen LogP contribution < -0.4 is 11.1 Å². The van der Waals surface area contributed by atoms with Crippen LogP contribution in [0.3, 0.4) is 0 Å². The van der Waals surface area contributed by atoms with E-state index in [1.54, 1.807) is 0 Å². The molecule has 7 heteroatoms. The summed E-state index contributed by atoms with van der Waals surface area (Å²) in [5.74, 6) is 1.67. The van der Waals surface area contributed by atoms with Crippen molar-refractivity contribution in [1.29, 1.82) is 0 Å². The van der Waals surface area contributed by atoms with E-state index in [4.69, 9.17) is 5.73 Å². The third-order valence-corrected chi connectivity index (χ3v) is 5.22. The molecule has 1 aromatic heterocycles. The minimum Gasteiger partial charge on any atom is -0.324 e. The van der Waals surface area contributed by atoms with Crippen LogP contribution in [0.15, 0.2) is 48.5 Å². The van der Waals surface area contributed by atoms with E-state index in [-0.39, 0.29) is 18.3 Å². The molecule has 0 radical (unpaired) electrons. The Morgan fingerprint density at radius 3 is 2.69 bits per heavy atom. The van der Waals surface area contributed by atoms with E-state index in [1.807, 2.05) is 55.5 Å². The van der Waals surface area contributed by atoms with Crippen molar-refractivity contribution in [3.63, 3.8) is 0 Å². The number of benzene rings is 2. The average Bonchev–Trinajstić information content (AvgIpc) is 2.96. The van der Waals surface area contributed by atoms with Crippen LogP contribution >= 0.6 is 12.4 Å². The Balaban J connectivity index is 0.00000240. The van der Waals surface area contributed by atoms with Gasteiger partial charge in [-0.05, 0) is 37.5 Å². The lowest BCUT2D eigenvalue weighted by Gasteiger charge is -2.14. The summed E-state index contributed by atoms with van der Waals surface area (Å²) < 4.78 is 2.20. The molecule has 0 aliphatic carbocycles. The molecule has 2 heterocycles. The van der Waals surface area contributed by atoms with Gasteiger partial charge in [0.15, 0.2) is 5.82 Å². The summed E-state index contributed by atoms with van der Waals surface area (Å²) in [6.45, 7) is 2.94. The maximum atomic E-state index is 12.6. The fourth-order valence-electron chi connectivity index (χ4n) is 3.58. The van der Waals surface area contributed by atoms with E-state index < -0.39 is 6.04 Å². The molecule has 152 valence electrons. The minimum atomic E-state index is -0.714. The molecule has 3 aromatic rings. The molecule has 1 amide bonds. The van der Waals surface area contributed by atoms with Gasteiger partial charge in [0.05, 0.1) is 0 Å². The van der Waals surface area contributed by atoms with Gasteiger partial charge in [-0.2, -0.15) is 0 Å². The van der Waals surface area contributed by atoms with Crippen LogP contribution in [0.25, 0.3) is 11.4 Å². The van der Waals surface area contributed by atoms with Crippen LogP contribution in [0, 0.1) is 6.92 Å². The number of aryl methyl sites for hydroxylation is 2. The summed E-state index contributed by atoms with van der Waals surface area (Å²) >= 11 is 0. The van der Waals surface area contributed by atoms with E-state index >= 15 is 0 Å². The highest BCUT2D eigenvalue weighted by molar-refractivity contribution is 5.95. The second-order valence-electron chi connectivity index (χ2n) is 7.36. The van der Waals surface area contributed by atoms with Crippen molar-refractivity contribution in [2.45, 2.75) is 45.2 Å². The van der Waals surface area contributed by atoms with Gasteiger partial charge >= 0.3 is 0 Å². The first-order chi connectivity index (χ1) is 13.6. The van der Waals surface area contributed by atoms with Gasteiger partial charge in [0.1, 0.15) is 11.9 Å². The van der Waals surface area contributed by atoms with Crippen molar-refractivity contribution in [1.82, 2.24) is 14.8 Å². The maximum Gasteiger partial charge on any atom is 0.245 e. The monoisotopic (exact) mass is 411 g/mol. The molecular weight excluding hydrogens is 386 g/mol. The lowest BCUT2D eigenvalue weighted by atomic mass is 10.1. The number of halogens is 1. The summed E-state index contributed by atoms with van der Waals surface area (Å²) in [7, 11) is 0. The van der Waals surface area contributed by atoms with Crippen molar-refractivity contribution in [2.75, 3.05) is 5.32 Å². The van der Waals surface area contributed by atoms with Gasteiger partial charge < -0.3 is 15.6 Å². The molecule has 1 aliphatic rings. The first kappa shape index (κ1) is 21.0. The quantitative estimate of drug-likeness (QED) is 0.678. The van der Waals surface area contributed by atoms with Crippen LogP contribution in [-0.2, 0) is 17.8 Å². The van der Waals surface area contributed by atoms with Crippen molar-refractivity contribution in [3.8, 4) is 11.4 Å². The van der Waals surface area contributed by atoms with Crippen molar-refractivity contribution in [3.05, 3.63) is 65.5 Å². The highest BCUT2D eigenvalue weighted by Crippen LogP contribution is 2.25. The molecular formula is C22H26ClN5O. The number of hydrogen-bond acceptors (Lipinski definition) is 4. The number of carbonyl (C=O) groups is 1. The van der Waals surface area contributed by atoms with Crippen molar-refractivity contribution < 1.29 is 4.79 Å². The topological polar surface area (TPSA) is 85.8 Å². The largest absolute Gasteiger partial charge is 0.324 e. The molecule has 0 spiro atoms. The van der Waals surface area contributed by atoms with E-state index in [9.17, 15) is 4.79 Å². The number of rotatable bonds is 4. The Morgan fingerprint density at radius 2 is 1.90 bits per heavy atom. The first-order valence-corrected chi connectivity index (χ1v) is 9.77. The number of nitrogens with two attached hydrogens (primary N) is 1. The Labute approximate surface area is 176 Å². The lowest BCUT2D eigenvalue weighted by Crippen LogP contribution is -2.27. The Bertz CT molecular complexity index is 983. The molecule has 29 heavy (non-hydrogen) atoms. The van der Waals surface area contributed by atoms with Crippen LogP contribution in [0.5, 0.6) is 0 Å². The highest BCUT2D eigenvalue weighted by Gasteiger charge is 2.18. The van der Waals surface area contributed by atoms with Crippen molar-refractivity contribution >= 4 is 24.0 Å². The number of anilines is 1. The smallest absolute Gasteiger partial charge is 0.245 e. The van der Waals surface area contributed by atoms with Crippen LogP contribution in [0.4, 0.5) is 5.69 Å². The normalized spacial score (nSPS) is 14.3. The Kier molecular flexibility index (Phi) is 6.67. The van der Waals surface area contributed by atoms with Crippen LogP contribution in [-0.4, -0.2) is 20.7 Å². The van der Waals surface area contributed by atoms with E-state index in [1.165, 1.54) is 6.42 Å². The summed E-state index contributed by atoms with van der Waals surface area (Å²) in [6, 6.07) is 14.7. The predicted molar refractivity (Wildman–Crippen MR) is 117 cm³/mol. The number of carbonyl (C=O) groups excluding carboxylic acids is 1. The van der Waals surface area contributed by atoms with Gasteiger partial charge in [0.25, 0.3) is 0 Å². The second kappa shape index (κ2) is 9.20. The van der Waals surface area contributed by atoms with E-state index in [2.05, 4.69) is 20.1 Å². The highest BCUT2D eigenvalue weighted by atomic mass is 35.5. The molecule has 1 aliphatic heterocycles. The molecule has 0 fully saturated rings. The van der Waals surface area contributed by atoms with E-state index in [0.717, 1.165) is 54.1 Å². The zero-order valence-electron chi connectivity index (χ0n) is 16.5. The van der Waals surface area contributed by atoms with Gasteiger partial charge in [0.2, 0.25) is 5.91 Å². The Hall–Kier alpha value is -2.70. The molecule has 2 aromatic carbocycles. The zero-order chi connectivity index (χ0) is 19.5. The van der Waals surface area contributed by atoms with Crippen molar-refractivity contribution in [2.24, 2.45) is 5.73 Å². The minimum absolute atomic E-state index is 0. The summed E-state index contributed by atoms with van der Waals surface area (Å²) in [6.07, 6.45) is 4.48. The molecule has 4 rings (SSSR count). The number of hydrogen-bond donors (Lipinski definition) is 2. The third kappa shape index (κ3) is 4.66. The van der Waals surface area contributed by atoms with Gasteiger partial charge in [-0.3, -0.25) is 4.79 Å². The molecule has 0 bridgehead atoms. The number of nitrogens with zero attached hydrogens (tertiary/aromatic N) is 3. The average molecular weight is 412 g/mol. The molecule has 6 nitrogen and oxygen atoms in total. The predicted octanol–water partition coefficient (Wildman–Crippen LogP) is 4.04. The van der Waals surface area contributed by atoms with Crippen LogP contribution in [0.1, 0.15) is 42.3 Å². The lowest BCUT2D eigenvalue weighted by molar-refractivity contribution is -0.117. The summed E-state index contributed by atoms with van der Waals surface area (Å²) in [5.41, 5.74) is 9.72. The SMILES string of the molecule is Cc1ccc(C(N)C(=O)Nc2cccc(-c3nnc4n3CCCCC4)c2)cc1.Cl. The molecule has 0 saturated carbocycles. The fourth-order valence-corrected chi connectivity index (χ4v) is 3.58. The number of fused-ring (bicyclic) bond motifs is 1. The van der Waals surface area contributed by atoms with Gasteiger partial charge in [-0.25, -0.2) is 0 Å². The number of amides is 1.